The first-order valence-corrected chi connectivity index (χ1v) is 15.5. The third-order valence-electron chi connectivity index (χ3n) is 8.79. The number of rotatable bonds is 5. The maximum Gasteiger partial charge on any atom is 0.153 e. The van der Waals surface area contributed by atoms with Gasteiger partial charge in [0.2, 0.25) is 0 Å². The van der Waals surface area contributed by atoms with Gasteiger partial charge < -0.3 is 4.42 Å². The van der Waals surface area contributed by atoms with E-state index < -0.39 is 0 Å². The number of furan rings is 1. The van der Waals surface area contributed by atoms with Gasteiger partial charge in [0.15, 0.2) is 5.58 Å². The minimum Gasteiger partial charge on any atom is -0.455 e. The van der Waals surface area contributed by atoms with E-state index in [2.05, 4.69) is 66.7 Å². The van der Waals surface area contributed by atoms with Gasteiger partial charge in [0, 0.05) is 27.5 Å². The maximum atomic E-state index is 10.7. The molecule has 0 unspecified atom stereocenters. The Labute approximate surface area is 272 Å². The first-order chi connectivity index (χ1) is 23.2. The molecule has 7 aromatic carbocycles. The van der Waals surface area contributed by atoms with Gasteiger partial charge >= 0.3 is 0 Å². The van der Waals surface area contributed by atoms with Crippen LogP contribution in [0.4, 0.5) is 0 Å². The average Bonchev–Trinajstić information content (AvgIpc) is 3.53. The largest absolute Gasteiger partial charge is 0.455 e. The lowest BCUT2D eigenvalue weighted by molar-refractivity contribution is 0.668. The van der Waals surface area contributed by atoms with E-state index in [1.165, 1.54) is 0 Å². The molecule has 47 heavy (non-hydrogen) atoms. The summed E-state index contributed by atoms with van der Waals surface area (Å²) in [6.07, 6.45) is 0. The number of fused-ring (bicyclic) bond motifs is 3. The Morgan fingerprint density at radius 3 is 1.49 bits per heavy atom. The van der Waals surface area contributed by atoms with Crippen LogP contribution in [0.1, 0.15) is 11.1 Å². The van der Waals surface area contributed by atoms with Crippen molar-refractivity contribution in [2.24, 2.45) is 0 Å². The monoisotopic (exact) mass is 598 g/mol. The predicted molar refractivity (Wildman–Crippen MR) is 190 cm³/mol. The van der Waals surface area contributed by atoms with Gasteiger partial charge in [0.1, 0.15) is 23.3 Å². The van der Waals surface area contributed by atoms with Crippen molar-refractivity contribution in [2.75, 3.05) is 0 Å². The van der Waals surface area contributed by atoms with E-state index in [1.807, 2.05) is 103 Å². The second-order valence-corrected chi connectivity index (χ2v) is 11.5. The highest BCUT2D eigenvalue weighted by molar-refractivity contribution is 6.12. The fraction of sp³-hybridized carbons (Fsp3) is 0. The molecule has 3 heteroatoms. The number of para-hydroxylation sites is 1. The molecule has 0 radical (unpaired) electrons. The quantitative estimate of drug-likeness (QED) is 0.198. The lowest BCUT2D eigenvalue weighted by Gasteiger charge is -2.18. The minimum absolute atomic E-state index is 0.485. The zero-order chi connectivity index (χ0) is 31.7. The maximum absolute atomic E-state index is 10.7. The van der Waals surface area contributed by atoms with Crippen LogP contribution in [-0.2, 0) is 0 Å². The Bertz CT molecular complexity index is 2500. The first-order valence-electron chi connectivity index (χ1n) is 15.5. The van der Waals surface area contributed by atoms with E-state index >= 15 is 0 Å². The predicted octanol–water partition coefficient (Wildman–Crippen LogP) is 11.7. The van der Waals surface area contributed by atoms with E-state index in [0.29, 0.717) is 16.7 Å². The summed E-state index contributed by atoms with van der Waals surface area (Å²) in [6.45, 7) is 0. The van der Waals surface area contributed by atoms with Crippen molar-refractivity contribution in [3.63, 3.8) is 0 Å². The van der Waals surface area contributed by atoms with Crippen LogP contribution in [0.15, 0.2) is 162 Å². The second kappa shape index (κ2) is 11.7. The van der Waals surface area contributed by atoms with Gasteiger partial charge in [-0.3, -0.25) is 0 Å². The Morgan fingerprint density at radius 2 is 0.872 bits per heavy atom. The van der Waals surface area contributed by atoms with Gasteiger partial charge in [-0.15, -0.1) is 0 Å². The van der Waals surface area contributed by atoms with E-state index in [1.54, 1.807) is 0 Å². The number of hydrogen-bond acceptors (Lipinski definition) is 3. The molecular formula is C44H26N2O. The summed E-state index contributed by atoms with van der Waals surface area (Å²) < 4.78 is 6.33. The molecule has 0 aliphatic heterocycles. The van der Waals surface area contributed by atoms with Gasteiger partial charge in [-0.1, -0.05) is 133 Å². The topological polar surface area (TPSA) is 60.7 Å². The van der Waals surface area contributed by atoms with Crippen molar-refractivity contribution < 1.29 is 4.42 Å². The second-order valence-electron chi connectivity index (χ2n) is 11.5. The Kier molecular flexibility index (Phi) is 6.92. The van der Waals surface area contributed by atoms with E-state index in [-0.39, 0.29) is 0 Å². The molecule has 0 fully saturated rings. The average molecular weight is 599 g/mol. The first kappa shape index (κ1) is 27.8. The highest BCUT2D eigenvalue weighted by Gasteiger charge is 2.23. The smallest absolute Gasteiger partial charge is 0.153 e. The fourth-order valence-electron chi connectivity index (χ4n) is 6.56. The van der Waals surface area contributed by atoms with Crippen LogP contribution in [-0.4, -0.2) is 0 Å². The lowest BCUT2D eigenvalue weighted by atomic mass is 9.84. The molecule has 8 rings (SSSR count). The van der Waals surface area contributed by atoms with Crippen molar-refractivity contribution in [2.45, 2.75) is 0 Å². The zero-order valence-electron chi connectivity index (χ0n) is 25.3. The normalized spacial score (nSPS) is 10.9. The summed E-state index contributed by atoms with van der Waals surface area (Å²) in [4.78, 5) is 0. The standard InChI is InChI=1S/C44H26N2O/c45-27-40-36(31-14-6-2-7-15-31)24-34(25-37(40)32-22-20-30(21-23-32)29-12-4-1-5-13-29)38-26-39-35-18-10-11-19-42(35)47-44(39)41(28-46)43(38)33-16-8-3-9-17-33/h1-26H. The van der Waals surface area contributed by atoms with Crippen LogP contribution in [0.3, 0.4) is 0 Å². The van der Waals surface area contributed by atoms with Crippen LogP contribution in [0.25, 0.3) is 77.6 Å². The molecule has 1 aromatic heterocycles. The fourth-order valence-corrected chi connectivity index (χ4v) is 6.56. The number of benzene rings is 7. The summed E-state index contributed by atoms with van der Waals surface area (Å²) in [5, 5.41) is 23.2. The molecule has 0 saturated heterocycles. The van der Waals surface area contributed by atoms with Crippen molar-refractivity contribution in [1.29, 1.82) is 10.5 Å². The van der Waals surface area contributed by atoms with E-state index in [0.717, 1.165) is 72.0 Å². The van der Waals surface area contributed by atoms with Gasteiger partial charge in [0.05, 0.1) is 5.56 Å². The number of nitrogens with zero attached hydrogens (tertiary/aromatic N) is 2. The number of nitriles is 2. The highest BCUT2D eigenvalue weighted by Crippen LogP contribution is 2.45. The molecule has 0 saturated carbocycles. The molecule has 0 aliphatic rings. The van der Waals surface area contributed by atoms with Crippen molar-refractivity contribution in [1.82, 2.24) is 0 Å². The Morgan fingerprint density at radius 1 is 0.383 bits per heavy atom. The summed E-state index contributed by atoms with van der Waals surface area (Å²) in [7, 11) is 0. The van der Waals surface area contributed by atoms with Gasteiger partial charge in [-0.25, -0.2) is 0 Å². The highest BCUT2D eigenvalue weighted by atomic mass is 16.3. The third kappa shape index (κ3) is 4.84. The molecule has 0 aliphatic carbocycles. The van der Waals surface area contributed by atoms with Gasteiger partial charge in [0.25, 0.3) is 0 Å². The Hall–Kier alpha value is -6.68. The van der Waals surface area contributed by atoms with Crippen LogP contribution in [0.2, 0.25) is 0 Å². The van der Waals surface area contributed by atoms with Crippen molar-refractivity contribution in [3.8, 4) is 67.8 Å². The van der Waals surface area contributed by atoms with E-state index in [9.17, 15) is 10.5 Å². The molecule has 8 aromatic rings. The zero-order valence-corrected chi connectivity index (χ0v) is 25.3. The molecule has 1 heterocycles. The molecular weight excluding hydrogens is 572 g/mol. The SMILES string of the molecule is N#Cc1c(-c2ccccc2)cc(-c2cc3c(oc4ccccc43)c(C#N)c2-c2ccccc2)cc1-c1ccc(-c2ccccc2)cc1. The van der Waals surface area contributed by atoms with Gasteiger partial charge in [-0.05, 0) is 63.2 Å². The Balaban J connectivity index is 1.45. The number of hydrogen-bond donors (Lipinski definition) is 0. The lowest BCUT2D eigenvalue weighted by Crippen LogP contribution is -1.96. The molecule has 0 spiro atoms. The molecule has 218 valence electrons. The van der Waals surface area contributed by atoms with Crippen LogP contribution in [0.5, 0.6) is 0 Å². The minimum atomic E-state index is 0.485. The molecule has 0 bridgehead atoms. The van der Waals surface area contributed by atoms with Gasteiger partial charge in [-0.2, -0.15) is 10.5 Å². The molecule has 3 nitrogen and oxygen atoms in total. The third-order valence-corrected chi connectivity index (χ3v) is 8.79. The molecule has 0 atom stereocenters. The van der Waals surface area contributed by atoms with Crippen molar-refractivity contribution >= 4 is 21.9 Å². The van der Waals surface area contributed by atoms with E-state index in [4.69, 9.17) is 4.42 Å². The summed E-state index contributed by atoms with van der Waals surface area (Å²) in [5.74, 6) is 0. The summed E-state index contributed by atoms with van der Waals surface area (Å²) >= 11 is 0. The van der Waals surface area contributed by atoms with Crippen LogP contribution < -0.4 is 0 Å². The molecule has 0 amide bonds. The van der Waals surface area contributed by atoms with Crippen LogP contribution in [0, 0.1) is 22.7 Å². The van der Waals surface area contributed by atoms with Crippen LogP contribution >= 0.6 is 0 Å². The summed E-state index contributed by atoms with van der Waals surface area (Å²) in [5.41, 5.74) is 11.7. The molecule has 0 N–H and O–H groups in total. The summed E-state index contributed by atoms with van der Waals surface area (Å²) in [6, 6.07) is 57.9. The van der Waals surface area contributed by atoms with Crippen molar-refractivity contribution in [3.05, 3.63) is 169 Å².